The summed E-state index contributed by atoms with van der Waals surface area (Å²) in [6.45, 7) is 9.28. The van der Waals surface area contributed by atoms with Crippen LogP contribution in [0.3, 0.4) is 0 Å². The Morgan fingerprint density at radius 3 is 2.53 bits per heavy atom. The minimum atomic E-state index is 0.272. The van der Waals surface area contributed by atoms with E-state index in [1.807, 2.05) is 25.1 Å². The van der Waals surface area contributed by atoms with Gasteiger partial charge in [-0.15, -0.1) is 0 Å². The molecule has 0 radical (unpaired) electrons. The Morgan fingerprint density at radius 2 is 2.00 bits per heavy atom. The first-order valence-corrected chi connectivity index (χ1v) is 6.24. The van der Waals surface area contributed by atoms with Crippen molar-refractivity contribution in [2.75, 3.05) is 6.61 Å². The number of aryl methyl sites for hydroxylation is 1. The zero-order valence-electron chi connectivity index (χ0n) is 11.0. The molecule has 2 N–H and O–H groups in total. The fourth-order valence-electron chi connectivity index (χ4n) is 1.43. The van der Waals surface area contributed by atoms with Crippen LogP contribution in [0.15, 0.2) is 18.2 Å². The van der Waals surface area contributed by atoms with Gasteiger partial charge >= 0.3 is 0 Å². The van der Waals surface area contributed by atoms with Crippen molar-refractivity contribution in [3.05, 3.63) is 29.3 Å². The summed E-state index contributed by atoms with van der Waals surface area (Å²) in [6, 6.07) is 5.91. The molecule has 0 aromatic heterocycles. The van der Waals surface area contributed by atoms with E-state index in [4.69, 9.17) is 22.7 Å². The van der Waals surface area contributed by atoms with Gasteiger partial charge < -0.3 is 10.5 Å². The quantitative estimate of drug-likeness (QED) is 0.833. The molecule has 1 aromatic rings. The number of nitrogens with two attached hydrogens (primary N) is 1. The summed E-state index contributed by atoms with van der Waals surface area (Å²) in [6.07, 6.45) is 0.998. The van der Waals surface area contributed by atoms with Crippen LogP contribution >= 0.6 is 12.2 Å². The fraction of sp³-hybridized carbons (Fsp3) is 0.500. The normalized spacial score (nSPS) is 11.3. The third kappa shape index (κ3) is 4.73. The molecule has 17 heavy (non-hydrogen) atoms. The largest absolute Gasteiger partial charge is 0.493 e. The summed E-state index contributed by atoms with van der Waals surface area (Å²) in [7, 11) is 0. The number of thiocarbonyl (C=S) groups is 1. The Hall–Kier alpha value is -1.09. The molecule has 0 spiro atoms. The van der Waals surface area contributed by atoms with Crippen molar-refractivity contribution in [3.8, 4) is 5.75 Å². The second-order valence-corrected chi connectivity index (χ2v) is 5.96. The van der Waals surface area contributed by atoms with Crippen LogP contribution in [0, 0.1) is 12.3 Å². The Labute approximate surface area is 109 Å². The Kier molecular flexibility index (Phi) is 4.52. The molecule has 1 rings (SSSR count). The molecule has 0 bridgehead atoms. The Bertz CT molecular complexity index is 407. The van der Waals surface area contributed by atoms with Crippen LogP contribution in [-0.4, -0.2) is 11.6 Å². The van der Waals surface area contributed by atoms with Crippen molar-refractivity contribution in [2.45, 2.75) is 34.1 Å². The second-order valence-electron chi connectivity index (χ2n) is 5.52. The maximum atomic E-state index is 5.76. The molecule has 1 aromatic carbocycles. The third-order valence-corrected chi connectivity index (χ3v) is 2.73. The summed E-state index contributed by atoms with van der Waals surface area (Å²) in [5, 5.41) is 0. The van der Waals surface area contributed by atoms with Crippen molar-refractivity contribution in [2.24, 2.45) is 11.1 Å². The first-order chi connectivity index (χ1) is 7.79. The van der Waals surface area contributed by atoms with E-state index >= 15 is 0 Å². The van der Waals surface area contributed by atoms with Crippen LogP contribution in [0.1, 0.15) is 38.3 Å². The second kappa shape index (κ2) is 5.50. The van der Waals surface area contributed by atoms with E-state index in [0.29, 0.717) is 11.6 Å². The zero-order chi connectivity index (χ0) is 13.1. The maximum Gasteiger partial charge on any atom is 0.129 e. The molecule has 2 nitrogen and oxygen atoms in total. The van der Waals surface area contributed by atoms with Gasteiger partial charge in [0.25, 0.3) is 0 Å². The highest BCUT2D eigenvalue weighted by atomic mass is 32.1. The van der Waals surface area contributed by atoms with Gasteiger partial charge in [0.1, 0.15) is 10.7 Å². The highest BCUT2D eigenvalue weighted by Gasteiger charge is 2.11. The first kappa shape index (κ1) is 14.0. The number of rotatable bonds is 4. The molecule has 0 aliphatic rings. The lowest BCUT2D eigenvalue weighted by atomic mass is 9.93. The molecule has 0 unspecified atom stereocenters. The lowest BCUT2D eigenvalue weighted by Gasteiger charge is -2.19. The summed E-state index contributed by atoms with van der Waals surface area (Å²) in [5.41, 5.74) is 7.93. The van der Waals surface area contributed by atoms with Gasteiger partial charge in [0.2, 0.25) is 0 Å². The van der Waals surface area contributed by atoms with Gasteiger partial charge in [0, 0.05) is 0 Å². The molecule has 0 aliphatic carbocycles. The molecule has 3 heteroatoms. The zero-order valence-corrected chi connectivity index (χ0v) is 11.9. The van der Waals surface area contributed by atoms with Gasteiger partial charge in [0.05, 0.1) is 12.2 Å². The van der Waals surface area contributed by atoms with Gasteiger partial charge in [-0.05, 0) is 30.9 Å². The van der Waals surface area contributed by atoms with E-state index in [0.717, 1.165) is 23.3 Å². The predicted molar refractivity (Wildman–Crippen MR) is 76.6 cm³/mol. The van der Waals surface area contributed by atoms with Gasteiger partial charge in [-0.25, -0.2) is 0 Å². The smallest absolute Gasteiger partial charge is 0.129 e. The van der Waals surface area contributed by atoms with E-state index in [1.54, 1.807) is 0 Å². The average molecular weight is 251 g/mol. The standard InChI is InChI=1S/C14H21NOS/c1-10-5-6-12(11(9-10)13(15)17)16-8-7-14(2,3)4/h5-6,9H,7-8H2,1-4H3,(H2,15,17). The highest BCUT2D eigenvalue weighted by Crippen LogP contribution is 2.23. The van der Waals surface area contributed by atoms with Gasteiger partial charge in [-0.2, -0.15) is 0 Å². The Balaban J connectivity index is 2.74. The highest BCUT2D eigenvalue weighted by molar-refractivity contribution is 7.80. The minimum Gasteiger partial charge on any atom is -0.493 e. The third-order valence-electron chi connectivity index (χ3n) is 2.51. The van der Waals surface area contributed by atoms with Gasteiger partial charge in [-0.3, -0.25) is 0 Å². The molecule has 94 valence electrons. The average Bonchev–Trinajstić information content (AvgIpc) is 2.18. The first-order valence-electron chi connectivity index (χ1n) is 5.83. The van der Waals surface area contributed by atoms with Crippen molar-refractivity contribution in [1.29, 1.82) is 0 Å². The Morgan fingerprint density at radius 1 is 1.35 bits per heavy atom. The predicted octanol–water partition coefficient (Wildman–Crippen LogP) is 3.44. The van der Waals surface area contributed by atoms with Crippen LogP contribution in [0.5, 0.6) is 5.75 Å². The van der Waals surface area contributed by atoms with Crippen LogP contribution < -0.4 is 10.5 Å². The summed E-state index contributed by atoms with van der Waals surface area (Å²) in [4.78, 5) is 0.388. The monoisotopic (exact) mass is 251 g/mol. The lowest BCUT2D eigenvalue weighted by Crippen LogP contribution is -2.15. The van der Waals surface area contributed by atoms with E-state index in [9.17, 15) is 0 Å². The fourth-order valence-corrected chi connectivity index (χ4v) is 1.59. The maximum absolute atomic E-state index is 5.76. The summed E-state index contributed by atoms with van der Waals surface area (Å²) < 4.78 is 5.76. The van der Waals surface area contributed by atoms with Gasteiger partial charge in [0.15, 0.2) is 0 Å². The molecular formula is C14H21NOS. The van der Waals surface area contributed by atoms with Crippen LogP contribution in [-0.2, 0) is 0 Å². The van der Waals surface area contributed by atoms with E-state index < -0.39 is 0 Å². The van der Waals surface area contributed by atoms with Crippen molar-refractivity contribution in [3.63, 3.8) is 0 Å². The van der Waals surface area contributed by atoms with E-state index in [2.05, 4.69) is 20.8 Å². The minimum absolute atomic E-state index is 0.272. The molecule has 0 saturated carbocycles. The van der Waals surface area contributed by atoms with E-state index in [1.165, 1.54) is 0 Å². The molecule has 0 atom stereocenters. The molecule has 0 fully saturated rings. The summed E-state index contributed by atoms with van der Waals surface area (Å²) in [5.74, 6) is 0.785. The molecule has 0 aliphatic heterocycles. The van der Waals surface area contributed by atoms with Crippen LogP contribution in [0.4, 0.5) is 0 Å². The molecular weight excluding hydrogens is 230 g/mol. The van der Waals surface area contributed by atoms with Crippen LogP contribution in [0.25, 0.3) is 0 Å². The van der Waals surface area contributed by atoms with Crippen molar-refractivity contribution >= 4 is 17.2 Å². The summed E-state index contributed by atoms with van der Waals surface area (Å²) >= 11 is 5.03. The topological polar surface area (TPSA) is 35.2 Å². The number of ether oxygens (including phenoxy) is 1. The van der Waals surface area contributed by atoms with Gasteiger partial charge in [-0.1, -0.05) is 44.6 Å². The van der Waals surface area contributed by atoms with Crippen molar-refractivity contribution in [1.82, 2.24) is 0 Å². The molecule has 0 saturated heterocycles. The van der Waals surface area contributed by atoms with Crippen molar-refractivity contribution < 1.29 is 4.74 Å². The number of hydrogen-bond donors (Lipinski definition) is 1. The molecule has 0 heterocycles. The molecule has 0 amide bonds. The number of benzene rings is 1. The van der Waals surface area contributed by atoms with E-state index in [-0.39, 0.29) is 5.41 Å². The lowest BCUT2D eigenvalue weighted by molar-refractivity contribution is 0.242. The van der Waals surface area contributed by atoms with Crippen LogP contribution in [0.2, 0.25) is 0 Å². The number of hydrogen-bond acceptors (Lipinski definition) is 2. The SMILES string of the molecule is Cc1ccc(OCCC(C)(C)C)c(C(N)=S)c1.